The van der Waals surface area contributed by atoms with Crippen molar-refractivity contribution in [1.29, 1.82) is 0 Å². The number of aromatic nitrogens is 2. The van der Waals surface area contributed by atoms with Crippen molar-refractivity contribution in [3.05, 3.63) is 84.7 Å². The van der Waals surface area contributed by atoms with Crippen molar-refractivity contribution in [1.82, 2.24) is 14.9 Å². The molecule has 0 spiro atoms. The van der Waals surface area contributed by atoms with E-state index in [1.165, 1.54) is 5.39 Å². The summed E-state index contributed by atoms with van der Waals surface area (Å²) in [4.78, 5) is 26.1. The molecule has 4 aromatic rings. The number of nitrogens with zero attached hydrogens (tertiary/aromatic N) is 4. The molecular formula is C27H26N4O2. The molecule has 3 aromatic carbocycles. The SMILES string of the molecule is COc1ccc(-c2cc(N3CCN(C(=O)Cc4cccc5ccccc45)CC3)ncn2)cc1. The standard InChI is InChI=1S/C27H26N4O2/c1-33-23-11-9-21(10-12-23)25-18-26(29-19-28-25)30-13-15-31(16-14-30)27(32)17-22-7-4-6-20-5-2-3-8-24(20)22/h2-12,18-19H,13-17H2,1H3. The molecule has 0 saturated carbocycles. The first-order valence-corrected chi connectivity index (χ1v) is 11.2. The van der Waals surface area contributed by atoms with Crippen molar-refractivity contribution in [2.24, 2.45) is 0 Å². The van der Waals surface area contributed by atoms with Crippen LogP contribution in [0, 0.1) is 0 Å². The second-order valence-corrected chi connectivity index (χ2v) is 8.17. The minimum absolute atomic E-state index is 0.174. The largest absolute Gasteiger partial charge is 0.497 e. The van der Waals surface area contributed by atoms with Crippen molar-refractivity contribution < 1.29 is 9.53 Å². The van der Waals surface area contributed by atoms with Crippen LogP contribution in [0.2, 0.25) is 0 Å². The highest BCUT2D eigenvalue weighted by atomic mass is 16.5. The predicted octanol–water partition coefficient (Wildman–Crippen LogP) is 4.20. The van der Waals surface area contributed by atoms with Gasteiger partial charge in [-0.25, -0.2) is 9.97 Å². The lowest BCUT2D eigenvalue weighted by Gasteiger charge is -2.35. The zero-order valence-electron chi connectivity index (χ0n) is 18.6. The highest BCUT2D eigenvalue weighted by Gasteiger charge is 2.22. The number of anilines is 1. The molecule has 0 unspecified atom stereocenters. The van der Waals surface area contributed by atoms with E-state index in [-0.39, 0.29) is 5.91 Å². The second kappa shape index (κ2) is 9.28. The minimum atomic E-state index is 0.174. The molecule has 0 atom stereocenters. The number of piperazine rings is 1. The maximum absolute atomic E-state index is 13.0. The number of hydrogen-bond donors (Lipinski definition) is 0. The van der Waals surface area contributed by atoms with Gasteiger partial charge >= 0.3 is 0 Å². The van der Waals surface area contributed by atoms with Gasteiger partial charge in [-0.2, -0.15) is 0 Å². The van der Waals surface area contributed by atoms with E-state index < -0.39 is 0 Å². The lowest BCUT2D eigenvalue weighted by atomic mass is 10.0. The van der Waals surface area contributed by atoms with Gasteiger partial charge in [0, 0.05) is 37.8 Å². The van der Waals surface area contributed by atoms with Crippen LogP contribution in [0.25, 0.3) is 22.0 Å². The average molecular weight is 439 g/mol. The summed E-state index contributed by atoms with van der Waals surface area (Å²) in [6.07, 6.45) is 2.03. The summed E-state index contributed by atoms with van der Waals surface area (Å²) in [5.41, 5.74) is 2.97. The molecule has 1 fully saturated rings. The maximum Gasteiger partial charge on any atom is 0.227 e. The van der Waals surface area contributed by atoms with Crippen LogP contribution < -0.4 is 9.64 Å². The van der Waals surface area contributed by atoms with Crippen LogP contribution in [0.15, 0.2) is 79.1 Å². The molecule has 0 N–H and O–H groups in total. The van der Waals surface area contributed by atoms with Crippen LogP contribution in [0.1, 0.15) is 5.56 Å². The van der Waals surface area contributed by atoms with Crippen molar-refractivity contribution in [3.63, 3.8) is 0 Å². The summed E-state index contributed by atoms with van der Waals surface area (Å²) < 4.78 is 5.24. The highest BCUT2D eigenvalue weighted by Crippen LogP contribution is 2.24. The minimum Gasteiger partial charge on any atom is -0.497 e. The highest BCUT2D eigenvalue weighted by molar-refractivity contribution is 5.90. The second-order valence-electron chi connectivity index (χ2n) is 8.17. The Bertz CT molecular complexity index is 1260. The van der Waals surface area contributed by atoms with Gasteiger partial charge in [-0.15, -0.1) is 0 Å². The van der Waals surface area contributed by atoms with Gasteiger partial charge in [-0.1, -0.05) is 42.5 Å². The van der Waals surface area contributed by atoms with Crippen molar-refractivity contribution in [3.8, 4) is 17.0 Å². The van der Waals surface area contributed by atoms with E-state index in [4.69, 9.17) is 4.74 Å². The summed E-state index contributed by atoms with van der Waals surface area (Å²) in [7, 11) is 1.66. The third-order valence-electron chi connectivity index (χ3n) is 6.22. The number of methoxy groups -OCH3 is 1. The topological polar surface area (TPSA) is 58.6 Å². The quantitative estimate of drug-likeness (QED) is 0.468. The Morgan fingerprint density at radius 3 is 2.45 bits per heavy atom. The molecule has 33 heavy (non-hydrogen) atoms. The van der Waals surface area contributed by atoms with Crippen molar-refractivity contribution in [2.45, 2.75) is 6.42 Å². The van der Waals surface area contributed by atoms with Crippen LogP contribution in [0.4, 0.5) is 5.82 Å². The van der Waals surface area contributed by atoms with Gasteiger partial charge in [0.05, 0.1) is 19.2 Å². The predicted molar refractivity (Wildman–Crippen MR) is 130 cm³/mol. The third kappa shape index (κ3) is 4.51. The fourth-order valence-electron chi connectivity index (χ4n) is 4.35. The number of carbonyl (C=O) groups is 1. The van der Waals surface area contributed by atoms with Gasteiger partial charge in [-0.05, 0) is 40.6 Å². The summed E-state index contributed by atoms with van der Waals surface area (Å²) >= 11 is 0. The molecule has 5 rings (SSSR count). The molecule has 6 nitrogen and oxygen atoms in total. The fourth-order valence-corrected chi connectivity index (χ4v) is 4.35. The zero-order valence-corrected chi connectivity index (χ0v) is 18.6. The van der Waals surface area contributed by atoms with E-state index in [0.717, 1.165) is 46.9 Å². The first-order chi connectivity index (χ1) is 16.2. The Hall–Kier alpha value is -3.93. The maximum atomic E-state index is 13.0. The Kier molecular flexibility index (Phi) is 5.89. The Morgan fingerprint density at radius 2 is 1.67 bits per heavy atom. The third-order valence-corrected chi connectivity index (χ3v) is 6.22. The molecule has 166 valence electrons. The first-order valence-electron chi connectivity index (χ1n) is 11.2. The molecule has 1 aliphatic rings. The average Bonchev–Trinajstić information content (AvgIpc) is 2.89. The van der Waals surface area contributed by atoms with Crippen LogP contribution in [0.5, 0.6) is 5.75 Å². The number of ether oxygens (including phenoxy) is 1. The van der Waals surface area contributed by atoms with Gasteiger partial charge in [0.2, 0.25) is 5.91 Å². The number of benzene rings is 3. The molecule has 1 saturated heterocycles. The molecule has 0 bridgehead atoms. The van der Waals surface area contributed by atoms with Crippen LogP contribution >= 0.6 is 0 Å². The van der Waals surface area contributed by atoms with Crippen LogP contribution in [-0.4, -0.2) is 54.1 Å². The molecule has 1 aromatic heterocycles. The van der Waals surface area contributed by atoms with Gasteiger partial charge in [-0.3, -0.25) is 4.79 Å². The molecule has 6 heteroatoms. The number of hydrogen-bond acceptors (Lipinski definition) is 5. The fraction of sp³-hybridized carbons (Fsp3) is 0.222. The van der Waals surface area contributed by atoms with E-state index >= 15 is 0 Å². The molecule has 1 aliphatic heterocycles. The van der Waals surface area contributed by atoms with E-state index in [9.17, 15) is 4.79 Å². The summed E-state index contributed by atoms with van der Waals surface area (Å²) in [5, 5.41) is 2.32. The Morgan fingerprint density at radius 1 is 0.909 bits per heavy atom. The normalized spacial score (nSPS) is 13.8. The lowest BCUT2D eigenvalue weighted by molar-refractivity contribution is -0.130. The molecule has 0 aliphatic carbocycles. The van der Waals surface area contributed by atoms with Gasteiger partial charge in [0.25, 0.3) is 0 Å². The number of carbonyl (C=O) groups excluding carboxylic acids is 1. The van der Waals surface area contributed by atoms with E-state index in [0.29, 0.717) is 19.5 Å². The molecule has 2 heterocycles. The molecule has 0 radical (unpaired) electrons. The summed E-state index contributed by atoms with van der Waals surface area (Å²) in [6.45, 7) is 2.87. The van der Waals surface area contributed by atoms with Gasteiger partial charge < -0.3 is 14.5 Å². The van der Waals surface area contributed by atoms with Gasteiger partial charge in [0.15, 0.2) is 0 Å². The van der Waals surface area contributed by atoms with Crippen LogP contribution in [-0.2, 0) is 11.2 Å². The van der Waals surface area contributed by atoms with Gasteiger partial charge in [0.1, 0.15) is 17.9 Å². The molecule has 1 amide bonds. The first kappa shape index (κ1) is 20.9. The molecular weight excluding hydrogens is 412 g/mol. The number of amides is 1. The number of rotatable bonds is 5. The van der Waals surface area contributed by atoms with E-state index in [1.54, 1.807) is 13.4 Å². The Balaban J connectivity index is 1.24. The van der Waals surface area contributed by atoms with Crippen LogP contribution in [0.3, 0.4) is 0 Å². The summed E-state index contributed by atoms with van der Waals surface area (Å²) in [5.74, 6) is 1.88. The smallest absolute Gasteiger partial charge is 0.227 e. The number of fused-ring (bicyclic) bond motifs is 1. The summed E-state index contributed by atoms with van der Waals surface area (Å²) in [6, 6.07) is 24.3. The Labute approximate surface area is 193 Å². The van der Waals surface area contributed by atoms with Crippen molar-refractivity contribution in [2.75, 3.05) is 38.2 Å². The van der Waals surface area contributed by atoms with Crippen molar-refractivity contribution >= 4 is 22.5 Å². The van der Waals surface area contributed by atoms with E-state index in [1.807, 2.05) is 53.4 Å². The zero-order chi connectivity index (χ0) is 22.6. The monoisotopic (exact) mass is 438 g/mol. The van der Waals surface area contributed by atoms with E-state index in [2.05, 4.69) is 39.1 Å². The lowest BCUT2D eigenvalue weighted by Crippen LogP contribution is -2.49.